The molecule has 0 unspecified atom stereocenters. The molecule has 0 radical (unpaired) electrons. The first kappa shape index (κ1) is 15.7. The van der Waals surface area contributed by atoms with Crippen LogP contribution in [-0.2, 0) is 0 Å². The van der Waals surface area contributed by atoms with Gasteiger partial charge in [0.05, 0.1) is 0 Å². The first-order chi connectivity index (χ1) is 8.41. The van der Waals surface area contributed by atoms with Crippen molar-refractivity contribution in [2.45, 2.75) is 33.2 Å². The van der Waals surface area contributed by atoms with E-state index in [1.165, 1.54) is 6.92 Å². The van der Waals surface area contributed by atoms with E-state index in [-0.39, 0.29) is 30.1 Å². The van der Waals surface area contributed by atoms with E-state index in [2.05, 4.69) is 4.98 Å². The third-order valence-corrected chi connectivity index (χ3v) is 3.52. The zero-order valence-electron chi connectivity index (χ0n) is 11.4. The first-order valence-corrected chi connectivity index (χ1v) is 6.16. The Kier molecular flexibility index (Phi) is 4.76. The Bertz CT molecular complexity index is 510. The van der Waals surface area contributed by atoms with Gasteiger partial charge in [-0.25, -0.2) is 0 Å². The van der Waals surface area contributed by atoms with E-state index in [9.17, 15) is 9.59 Å². The van der Waals surface area contributed by atoms with Crippen LogP contribution in [0.5, 0.6) is 0 Å². The largest absolute Gasteiger partial charge is 0.354 e. The Balaban J connectivity index is 0.00000180. The fourth-order valence-electron chi connectivity index (χ4n) is 2.62. The van der Waals surface area contributed by atoms with Gasteiger partial charge < -0.3 is 15.6 Å². The smallest absolute Gasteiger partial charge is 0.270 e. The van der Waals surface area contributed by atoms with Crippen LogP contribution in [0.1, 0.15) is 45.4 Å². The van der Waals surface area contributed by atoms with Gasteiger partial charge in [0.2, 0.25) is 0 Å². The summed E-state index contributed by atoms with van der Waals surface area (Å²) >= 11 is 0. The average molecular weight is 286 g/mol. The highest BCUT2D eigenvalue weighted by atomic mass is 35.5. The van der Waals surface area contributed by atoms with Gasteiger partial charge in [-0.3, -0.25) is 9.59 Å². The number of halogens is 1. The normalized spacial score (nSPS) is 18.3. The minimum absolute atomic E-state index is 0. The fraction of sp³-hybridized carbons (Fsp3) is 0.538. The number of H-pyrrole nitrogens is 1. The second-order valence-corrected chi connectivity index (χ2v) is 4.98. The number of carbonyl (C=O) groups excluding carboxylic acids is 2. The molecule has 1 fully saturated rings. The number of nitrogens with zero attached hydrogens (tertiary/aromatic N) is 1. The molecule has 1 aliphatic heterocycles. The maximum atomic E-state index is 12.3. The predicted octanol–water partition coefficient (Wildman–Crippen LogP) is 1.43. The van der Waals surface area contributed by atoms with Crippen molar-refractivity contribution in [3.63, 3.8) is 0 Å². The van der Waals surface area contributed by atoms with Gasteiger partial charge in [-0.1, -0.05) is 0 Å². The molecule has 2 heterocycles. The van der Waals surface area contributed by atoms with Crippen molar-refractivity contribution in [2.24, 2.45) is 5.73 Å². The molecule has 6 heteroatoms. The lowest BCUT2D eigenvalue weighted by Gasteiger charge is -2.15. The predicted molar refractivity (Wildman–Crippen MR) is 76.0 cm³/mol. The Morgan fingerprint density at radius 1 is 1.37 bits per heavy atom. The number of Topliss-reactive ketones (excluding diaryl/α,β-unsaturated/α-hetero) is 1. The second kappa shape index (κ2) is 5.75. The number of hydrogen-bond acceptors (Lipinski definition) is 3. The summed E-state index contributed by atoms with van der Waals surface area (Å²) in [6.07, 6.45) is 0.837. The molecule has 3 N–H and O–H groups in total. The summed E-state index contributed by atoms with van der Waals surface area (Å²) in [4.78, 5) is 28.6. The number of ketones is 1. The van der Waals surface area contributed by atoms with Gasteiger partial charge in [-0.05, 0) is 32.8 Å². The van der Waals surface area contributed by atoms with Crippen LogP contribution in [0.4, 0.5) is 0 Å². The highest BCUT2D eigenvalue weighted by molar-refractivity contribution is 6.02. The van der Waals surface area contributed by atoms with Crippen LogP contribution in [0.15, 0.2) is 0 Å². The molecule has 1 amide bonds. The molecule has 1 atom stereocenters. The lowest BCUT2D eigenvalue weighted by Crippen LogP contribution is -2.32. The van der Waals surface area contributed by atoms with Gasteiger partial charge >= 0.3 is 0 Å². The molecule has 2 rings (SSSR count). The number of amides is 1. The Morgan fingerprint density at radius 3 is 2.42 bits per heavy atom. The molecule has 19 heavy (non-hydrogen) atoms. The first-order valence-electron chi connectivity index (χ1n) is 6.16. The van der Waals surface area contributed by atoms with E-state index in [1.54, 1.807) is 4.90 Å². The van der Waals surface area contributed by atoms with Crippen LogP contribution >= 0.6 is 12.4 Å². The zero-order valence-corrected chi connectivity index (χ0v) is 12.3. The molecule has 0 saturated carbocycles. The van der Waals surface area contributed by atoms with Crippen molar-refractivity contribution < 1.29 is 9.59 Å². The number of carbonyl (C=O) groups is 2. The quantitative estimate of drug-likeness (QED) is 0.807. The van der Waals surface area contributed by atoms with Crippen LogP contribution in [0.2, 0.25) is 0 Å². The number of likely N-dealkylation sites (tertiary alicyclic amines) is 1. The van der Waals surface area contributed by atoms with Crippen LogP contribution in [0, 0.1) is 13.8 Å². The average Bonchev–Trinajstić information content (AvgIpc) is 2.82. The molecule has 5 nitrogen and oxygen atoms in total. The minimum atomic E-state index is -0.0592. The number of aromatic nitrogens is 1. The maximum absolute atomic E-state index is 12.3. The van der Waals surface area contributed by atoms with Crippen LogP contribution in [0.3, 0.4) is 0 Å². The number of rotatable bonds is 2. The lowest BCUT2D eigenvalue weighted by molar-refractivity contribution is 0.0785. The summed E-state index contributed by atoms with van der Waals surface area (Å²) in [6.45, 7) is 6.42. The maximum Gasteiger partial charge on any atom is 0.270 e. The topological polar surface area (TPSA) is 79.2 Å². The molecule has 0 bridgehead atoms. The number of aryl methyl sites for hydroxylation is 1. The standard InChI is InChI=1S/C13H19N3O2.ClH/c1-7-11(9(3)17)8(2)15-12(7)13(18)16-5-4-10(14)6-16;/h10,15H,4-6,14H2,1-3H3;1H/t10-;/m1./s1. The van der Waals surface area contributed by atoms with E-state index in [0.29, 0.717) is 24.3 Å². The number of hydrogen-bond donors (Lipinski definition) is 2. The zero-order chi connectivity index (χ0) is 13.4. The Hall–Kier alpha value is -1.33. The van der Waals surface area contributed by atoms with E-state index in [4.69, 9.17) is 5.73 Å². The SMILES string of the molecule is CC(=O)c1c(C)[nH]c(C(=O)N2CC[C@@H](N)C2)c1C.Cl. The second-order valence-electron chi connectivity index (χ2n) is 4.98. The summed E-state index contributed by atoms with van der Waals surface area (Å²) in [7, 11) is 0. The number of nitrogens with one attached hydrogen (secondary N) is 1. The van der Waals surface area contributed by atoms with E-state index in [0.717, 1.165) is 17.7 Å². The molecular formula is C13H20ClN3O2. The number of nitrogens with two attached hydrogens (primary N) is 1. The van der Waals surface area contributed by atoms with Gasteiger partial charge in [-0.2, -0.15) is 0 Å². The van der Waals surface area contributed by atoms with Crippen molar-refractivity contribution >= 4 is 24.1 Å². The lowest BCUT2D eigenvalue weighted by atomic mass is 10.1. The third kappa shape index (κ3) is 2.82. The van der Waals surface area contributed by atoms with Crippen LogP contribution < -0.4 is 5.73 Å². The van der Waals surface area contributed by atoms with E-state index in [1.807, 2.05) is 13.8 Å². The monoisotopic (exact) mass is 285 g/mol. The van der Waals surface area contributed by atoms with Crippen LogP contribution in [0.25, 0.3) is 0 Å². The summed E-state index contributed by atoms with van der Waals surface area (Å²) in [5.41, 5.74) is 8.45. The van der Waals surface area contributed by atoms with Crippen molar-refractivity contribution in [1.82, 2.24) is 9.88 Å². The van der Waals surface area contributed by atoms with Crippen molar-refractivity contribution in [1.29, 1.82) is 0 Å². The van der Waals surface area contributed by atoms with Crippen molar-refractivity contribution in [3.8, 4) is 0 Å². The van der Waals surface area contributed by atoms with Gasteiger partial charge in [0.15, 0.2) is 5.78 Å². The highest BCUT2D eigenvalue weighted by Gasteiger charge is 2.28. The number of aromatic amines is 1. The molecule has 1 aliphatic rings. The summed E-state index contributed by atoms with van der Waals surface area (Å²) in [5.74, 6) is -0.0746. The van der Waals surface area contributed by atoms with E-state index < -0.39 is 0 Å². The summed E-state index contributed by atoms with van der Waals surface area (Å²) < 4.78 is 0. The van der Waals surface area contributed by atoms with Crippen LogP contribution in [-0.4, -0.2) is 40.7 Å². The molecule has 0 spiro atoms. The molecule has 0 aromatic carbocycles. The molecule has 1 aromatic heterocycles. The Morgan fingerprint density at radius 2 is 2.00 bits per heavy atom. The van der Waals surface area contributed by atoms with Gasteiger partial charge in [0.25, 0.3) is 5.91 Å². The highest BCUT2D eigenvalue weighted by Crippen LogP contribution is 2.21. The van der Waals surface area contributed by atoms with Gasteiger partial charge in [0, 0.05) is 30.4 Å². The minimum Gasteiger partial charge on any atom is -0.354 e. The van der Waals surface area contributed by atoms with Crippen molar-refractivity contribution in [3.05, 3.63) is 22.5 Å². The Labute approximate surface area is 118 Å². The van der Waals surface area contributed by atoms with E-state index >= 15 is 0 Å². The molecule has 0 aliphatic carbocycles. The summed E-state index contributed by atoms with van der Waals surface area (Å²) in [5, 5.41) is 0. The molecule has 1 saturated heterocycles. The third-order valence-electron chi connectivity index (χ3n) is 3.52. The summed E-state index contributed by atoms with van der Waals surface area (Å²) in [6, 6.07) is 0.0672. The van der Waals surface area contributed by atoms with Gasteiger partial charge in [0.1, 0.15) is 5.69 Å². The molecule has 106 valence electrons. The molecule has 1 aromatic rings. The van der Waals surface area contributed by atoms with Crippen molar-refractivity contribution in [2.75, 3.05) is 13.1 Å². The van der Waals surface area contributed by atoms with Gasteiger partial charge in [-0.15, -0.1) is 12.4 Å². The fourth-order valence-corrected chi connectivity index (χ4v) is 2.62. The molecular weight excluding hydrogens is 266 g/mol.